The Morgan fingerprint density at radius 2 is 1.63 bits per heavy atom. The van der Waals surface area contributed by atoms with Crippen LogP contribution in [-0.4, -0.2) is 17.8 Å². The number of ether oxygens (including phenoxy) is 1. The third-order valence-corrected chi connectivity index (χ3v) is 5.55. The summed E-state index contributed by atoms with van der Waals surface area (Å²) >= 11 is 6.03. The Balaban J connectivity index is 1.58. The van der Waals surface area contributed by atoms with Crippen molar-refractivity contribution in [2.24, 2.45) is 11.8 Å². The molecule has 0 N–H and O–H groups in total. The number of imide groups is 1. The lowest BCUT2D eigenvalue weighted by Gasteiger charge is -2.19. The molecule has 2 aromatic carbocycles. The molecule has 27 heavy (non-hydrogen) atoms. The fraction of sp³-hybridized carbons (Fsp3) is 0.286. The summed E-state index contributed by atoms with van der Waals surface area (Å²) < 4.78 is 5.40. The van der Waals surface area contributed by atoms with Crippen LogP contribution in [0.15, 0.2) is 48.5 Å². The van der Waals surface area contributed by atoms with Crippen LogP contribution in [0.4, 0.5) is 5.69 Å². The lowest BCUT2D eigenvalue weighted by molar-refractivity contribution is -0.122. The van der Waals surface area contributed by atoms with Gasteiger partial charge in [-0.15, -0.1) is 0 Å². The first kappa shape index (κ1) is 17.7. The summed E-state index contributed by atoms with van der Waals surface area (Å²) in [6, 6.07) is 13.1. The van der Waals surface area contributed by atoms with Gasteiger partial charge < -0.3 is 4.74 Å². The monoisotopic (exact) mass is 383 g/mol. The molecule has 0 aromatic heterocycles. The van der Waals surface area contributed by atoms with Gasteiger partial charge >= 0.3 is 5.97 Å². The smallest absolute Gasteiger partial charge is 0.345 e. The molecule has 6 heteroatoms. The summed E-state index contributed by atoms with van der Waals surface area (Å²) in [5.74, 6) is -1.09. The van der Waals surface area contributed by atoms with Crippen LogP contribution in [-0.2, 0) is 9.59 Å². The van der Waals surface area contributed by atoms with Crippen molar-refractivity contribution in [2.75, 3.05) is 4.90 Å². The normalized spacial score (nSPS) is 21.9. The highest BCUT2D eigenvalue weighted by Gasteiger charge is 2.48. The van der Waals surface area contributed by atoms with Gasteiger partial charge in [0.2, 0.25) is 11.8 Å². The van der Waals surface area contributed by atoms with Gasteiger partial charge in [-0.05, 0) is 37.1 Å². The summed E-state index contributed by atoms with van der Waals surface area (Å²) in [5, 5.41) is 0.299. The molecule has 5 nitrogen and oxygen atoms in total. The van der Waals surface area contributed by atoms with Gasteiger partial charge in [0.15, 0.2) is 0 Å². The lowest BCUT2D eigenvalue weighted by Crippen LogP contribution is -2.30. The van der Waals surface area contributed by atoms with Crippen LogP contribution in [0.2, 0.25) is 5.02 Å². The molecular formula is C21H18ClNO4. The molecule has 2 atom stereocenters. The van der Waals surface area contributed by atoms with Crippen molar-refractivity contribution in [3.8, 4) is 5.75 Å². The van der Waals surface area contributed by atoms with Crippen LogP contribution >= 0.6 is 11.6 Å². The molecular weight excluding hydrogens is 366 g/mol. The number of anilines is 1. The predicted molar refractivity (Wildman–Crippen MR) is 101 cm³/mol. The molecule has 1 aliphatic heterocycles. The van der Waals surface area contributed by atoms with E-state index in [0.717, 1.165) is 25.7 Å². The van der Waals surface area contributed by atoms with Crippen molar-refractivity contribution >= 4 is 35.1 Å². The Labute approximate surface area is 161 Å². The molecule has 2 aliphatic rings. The standard InChI is InChI=1S/C21H18ClNO4/c22-18-11-4-3-10-17(18)21(26)27-14-7-5-6-13(12-14)23-19(24)15-8-1-2-9-16(15)20(23)25/h3-7,10-12,15-16H,1-2,8-9H2/t15-,16-/m1/s1. The van der Waals surface area contributed by atoms with Crippen LogP contribution in [0.25, 0.3) is 0 Å². The lowest BCUT2D eigenvalue weighted by atomic mass is 9.81. The third kappa shape index (κ3) is 3.23. The Kier molecular flexibility index (Phi) is 4.70. The summed E-state index contributed by atoms with van der Waals surface area (Å²) in [6.07, 6.45) is 3.47. The molecule has 0 radical (unpaired) electrons. The number of nitrogens with zero attached hydrogens (tertiary/aromatic N) is 1. The van der Waals surface area contributed by atoms with E-state index in [-0.39, 0.29) is 35.0 Å². The summed E-state index contributed by atoms with van der Waals surface area (Å²) in [4.78, 5) is 39.1. The molecule has 2 aromatic rings. The third-order valence-electron chi connectivity index (χ3n) is 5.22. The summed E-state index contributed by atoms with van der Waals surface area (Å²) in [6.45, 7) is 0. The zero-order valence-corrected chi connectivity index (χ0v) is 15.3. The van der Waals surface area contributed by atoms with E-state index in [2.05, 4.69) is 0 Å². The molecule has 0 unspecified atom stereocenters. The number of carbonyl (C=O) groups excluding carboxylic acids is 3. The van der Waals surface area contributed by atoms with Gasteiger partial charge in [-0.3, -0.25) is 9.59 Å². The first-order valence-electron chi connectivity index (χ1n) is 9.01. The first-order valence-corrected chi connectivity index (χ1v) is 9.38. The zero-order chi connectivity index (χ0) is 19.0. The minimum atomic E-state index is -0.592. The number of esters is 1. The highest BCUT2D eigenvalue weighted by molar-refractivity contribution is 6.33. The molecule has 1 heterocycles. The van der Waals surface area contributed by atoms with Gasteiger partial charge in [0.25, 0.3) is 0 Å². The Bertz CT molecular complexity index is 902. The number of rotatable bonds is 3. The number of hydrogen-bond acceptors (Lipinski definition) is 4. The van der Waals surface area contributed by atoms with Gasteiger partial charge in [0, 0.05) is 6.07 Å². The van der Waals surface area contributed by atoms with Crippen molar-refractivity contribution in [1.82, 2.24) is 0 Å². The van der Waals surface area contributed by atoms with Crippen LogP contribution < -0.4 is 9.64 Å². The average Bonchev–Trinajstić information content (AvgIpc) is 2.93. The largest absolute Gasteiger partial charge is 0.423 e. The fourth-order valence-corrected chi connectivity index (χ4v) is 4.10. The van der Waals surface area contributed by atoms with E-state index in [1.54, 1.807) is 48.5 Å². The van der Waals surface area contributed by atoms with Gasteiger partial charge in [-0.25, -0.2) is 9.69 Å². The summed E-state index contributed by atoms with van der Waals surface area (Å²) in [7, 11) is 0. The van der Waals surface area contributed by atoms with Gasteiger partial charge in [-0.2, -0.15) is 0 Å². The summed E-state index contributed by atoms with van der Waals surface area (Å²) in [5.41, 5.74) is 0.688. The van der Waals surface area contributed by atoms with Crippen LogP contribution in [0, 0.1) is 11.8 Å². The zero-order valence-electron chi connectivity index (χ0n) is 14.6. The molecule has 2 amide bonds. The average molecular weight is 384 g/mol. The van der Waals surface area contributed by atoms with E-state index < -0.39 is 5.97 Å². The maximum atomic E-state index is 12.7. The van der Waals surface area contributed by atoms with Crippen molar-refractivity contribution in [1.29, 1.82) is 0 Å². The van der Waals surface area contributed by atoms with Crippen molar-refractivity contribution in [3.05, 3.63) is 59.1 Å². The number of halogens is 1. The quantitative estimate of drug-likeness (QED) is 0.452. The van der Waals surface area contributed by atoms with Gasteiger partial charge in [0.1, 0.15) is 5.75 Å². The Morgan fingerprint density at radius 1 is 0.963 bits per heavy atom. The Hall–Kier alpha value is -2.66. The van der Waals surface area contributed by atoms with Gasteiger partial charge in [-0.1, -0.05) is 42.6 Å². The predicted octanol–water partition coefficient (Wildman–Crippen LogP) is 4.24. The second-order valence-corrected chi connectivity index (χ2v) is 7.28. The molecule has 4 rings (SSSR count). The molecule has 1 saturated heterocycles. The molecule has 138 valence electrons. The number of carbonyl (C=O) groups is 3. The molecule has 0 bridgehead atoms. The van der Waals surface area contributed by atoms with E-state index >= 15 is 0 Å². The number of benzene rings is 2. The number of fused-ring (bicyclic) bond motifs is 1. The minimum Gasteiger partial charge on any atom is -0.423 e. The van der Waals surface area contributed by atoms with E-state index in [1.807, 2.05) is 0 Å². The van der Waals surface area contributed by atoms with Crippen LogP contribution in [0.3, 0.4) is 0 Å². The van der Waals surface area contributed by atoms with E-state index in [1.165, 1.54) is 4.90 Å². The first-order chi connectivity index (χ1) is 13.1. The number of amides is 2. The van der Waals surface area contributed by atoms with E-state index in [9.17, 15) is 14.4 Å². The van der Waals surface area contributed by atoms with Crippen molar-refractivity contribution < 1.29 is 19.1 Å². The molecule has 0 spiro atoms. The highest BCUT2D eigenvalue weighted by atomic mass is 35.5. The van der Waals surface area contributed by atoms with Crippen molar-refractivity contribution in [3.63, 3.8) is 0 Å². The van der Waals surface area contributed by atoms with Crippen molar-refractivity contribution in [2.45, 2.75) is 25.7 Å². The van der Waals surface area contributed by atoms with Crippen LogP contribution in [0.1, 0.15) is 36.0 Å². The molecule has 1 aliphatic carbocycles. The molecule has 2 fully saturated rings. The second-order valence-electron chi connectivity index (χ2n) is 6.88. The van der Waals surface area contributed by atoms with Gasteiger partial charge in [0.05, 0.1) is 28.1 Å². The molecule has 1 saturated carbocycles. The van der Waals surface area contributed by atoms with E-state index in [0.29, 0.717) is 10.7 Å². The van der Waals surface area contributed by atoms with E-state index in [4.69, 9.17) is 16.3 Å². The highest BCUT2D eigenvalue weighted by Crippen LogP contribution is 2.40. The Morgan fingerprint density at radius 3 is 2.30 bits per heavy atom. The maximum Gasteiger partial charge on any atom is 0.345 e. The fourth-order valence-electron chi connectivity index (χ4n) is 3.89. The topological polar surface area (TPSA) is 63.7 Å². The minimum absolute atomic E-state index is 0.153. The second kappa shape index (κ2) is 7.16. The maximum absolute atomic E-state index is 12.7. The van der Waals surface area contributed by atoms with Crippen LogP contribution in [0.5, 0.6) is 5.75 Å². The SMILES string of the molecule is O=C(Oc1cccc(N2C(=O)[C@@H]3CCCC[C@H]3C2=O)c1)c1ccccc1Cl. The number of hydrogen-bond donors (Lipinski definition) is 0.